The molecule has 1 fully saturated rings. The van der Waals surface area contributed by atoms with Crippen LogP contribution in [-0.4, -0.2) is 35.9 Å². The number of nitrogens with zero attached hydrogens (tertiary/aromatic N) is 1. The summed E-state index contributed by atoms with van der Waals surface area (Å²) in [6.45, 7) is 0.596. The van der Waals surface area contributed by atoms with Gasteiger partial charge in [-0.05, 0) is 30.7 Å². The van der Waals surface area contributed by atoms with Crippen LogP contribution in [0, 0.1) is 0 Å². The molecule has 1 aliphatic rings. The molecule has 0 radical (unpaired) electrons. The van der Waals surface area contributed by atoms with Crippen molar-refractivity contribution in [3.8, 4) is 5.75 Å². The standard InChI is InChI=1S/C15H16ClN3O3/c1-21-13-8-9(2-3-10(13)16)15(20)18-11-5-7-22-14(11)12-4-6-17-19-12/h2-4,6,8,11,14H,5,7H2,1H3,(H,17,19)(H,18,20)/t11-,14-/m1/s1. The van der Waals surface area contributed by atoms with Gasteiger partial charge in [0.05, 0.1) is 23.9 Å². The van der Waals surface area contributed by atoms with Crippen molar-refractivity contribution in [3.63, 3.8) is 0 Å². The second kappa shape index (κ2) is 6.37. The molecule has 0 bridgehead atoms. The summed E-state index contributed by atoms with van der Waals surface area (Å²) < 4.78 is 10.8. The SMILES string of the molecule is COc1cc(C(=O)N[C@@H]2CCO[C@H]2c2ccn[nH]2)ccc1Cl. The lowest BCUT2D eigenvalue weighted by molar-refractivity contribution is 0.0807. The largest absolute Gasteiger partial charge is 0.495 e. The molecule has 116 valence electrons. The minimum Gasteiger partial charge on any atom is -0.495 e. The molecule has 2 aromatic rings. The van der Waals surface area contributed by atoms with E-state index in [1.165, 1.54) is 7.11 Å². The highest BCUT2D eigenvalue weighted by molar-refractivity contribution is 6.32. The van der Waals surface area contributed by atoms with E-state index in [1.807, 2.05) is 6.07 Å². The molecule has 0 aliphatic carbocycles. The number of halogens is 1. The van der Waals surface area contributed by atoms with Crippen molar-refractivity contribution >= 4 is 17.5 Å². The van der Waals surface area contributed by atoms with Crippen molar-refractivity contribution < 1.29 is 14.3 Å². The molecule has 22 heavy (non-hydrogen) atoms. The van der Waals surface area contributed by atoms with Crippen molar-refractivity contribution in [2.75, 3.05) is 13.7 Å². The first-order chi connectivity index (χ1) is 10.7. The van der Waals surface area contributed by atoms with E-state index in [4.69, 9.17) is 21.1 Å². The normalized spacial score (nSPS) is 20.8. The lowest BCUT2D eigenvalue weighted by Gasteiger charge is -2.19. The van der Waals surface area contributed by atoms with Crippen LogP contribution >= 0.6 is 11.6 Å². The van der Waals surface area contributed by atoms with Crippen LogP contribution in [-0.2, 0) is 4.74 Å². The van der Waals surface area contributed by atoms with Crippen molar-refractivity contribution in [3.05, 3.63) is 46.7 Å². The van der Waals surface area contributed by atoms with Gasteiger partial charge in [0.25, 0.3) is 5.91 Å². The predicted molar refractivity (Wildman–Crippen MR) is 81.2 cm³/mol. The molecule has 0 spiro atoms. The molecular formula is C15H16ClN3O3. The molecule has 3 rings (SSSR count). The van der Waals surface area contributed by atoms with Crippen LogP contribution in [0.5, 0.6) is 5.75 Å². The van der Waals surface area contributed by atoms with Crippen LogP contribution in [0.3, 0.4) is 0 Å². The van der Waals surface area contributed by atoms with Crippen LogP contribution in [0.2, 0.25) is 5.02 Å². The minimum atomic E-state index is -0.208. The van der Waals surface area contributed by atoms with Gasteiger partial charge in [-0.25, -0.2) is 0 Å². The summed E-state index contributed by atoms with van der Waals surface area (Å²) in [6.07, 6.45) is 2.21. The number of benzene rings is 1. The lowest BCUT2D eigenvalue weighted by atomic mass is 10.1. The summed E-state index contributed by atoms with van der Waals surface area (Å²) in [5, 5.41) is 10.3. The number of methoxy groups -OCH3 is 1. The number of carbonyl (C=O) groups excluding carboxylic acids is 1. The number of hydrogen-bond acceptors (Lipinski definition) is 4. The van der Waals surface area contributed by atoms with E-state index in [9.17, 15) is 4.79 Å². The maximum atomic E-state index is 12.4. The fourth-order valence-electron chi connectivity index (χ4n) is 2.52. The van der Waals surface area contributed by atoms with Crippen LogP contribution in [0.1, 0.15) is 28.6 Å². The van der Waals surface area contributed by atoms with Crippen molar-refractivity contribution in [1.29, 1.82) is 0 Å². The van der Waals surface area contributed by atoms with Gasteiger partial charge in [0.15, 0.2) is 0 Å². The van der Waals surface area contributed by atoms with E-state index in [1.54, 1.807) is 24.4 Å². The van der Waals surface area contributed by atoms with E-state index >= 15 is 0 Å². The highest BCUT2D eigenvalue weighted by Crippen LogP contribution is 2.29. The van der Waals surface area contributed by atoms with E-state index < -0.39 is 0 Å². The van der Waals surface area contributed by atoms with E-state index in [0.29, 0.717) is 22.9 Å². The lowest BCUT2D eigenvalue weighted by Crippen LogP contribution is -2.36. The third-order valence-electron chi connectivity index (χ3n) is 3.65. The summed E-state index contributed by atoms with van der Waals surface area (Å²) in [7, 11) is 1.52. The summed E-state index contributed by atoms with van der Waals surface area (Å²) in [6, 6.07) is 6.68. The maximum absolute atomic E-state index is 12.4. The number of nitrogens with one attached hydrogen (secondary N) is 2. The van der Waals surface area contributed by atoms with Gasteiger partial charge in [0, 0.05) is 18.4 Å². The molecule has 6 nitrogen and oxygen atoms in total. The molecule has 2 N–H and O–H groups in total. The van der Waals surface area contributed by atoms with Gasteiger partial charge >= 0.3 is 0 Å². The molecular weight excluding hydrogens is 306 g/mol. The zero-order chi connectivity index (χ0) is 15.5. The van der Waals surface area contributed by atoms with Gasteiger partial charge in [0.1, 0.15) is 11.9 Å². The monoisotopic (exact) mass is 321 g/mol. The first-order valence-corrected chi connectivity index (χ1v) is 7.32. The first-order valence-electron chi connectivity index (χ1n) is 6.94. The number of amides is 1. The molecule has 0 saturated carbocycles. The molecule has 2 heterocycles. The van der Waals surface area contributed by atoms with Crippen molar-refractivity contribution in [1.82, 2.24) is 15.5 Å². The number of H-pyrrole nitrogens is 1. The van der Waals surface area contributed by atoms with Crippen LogP contribution in [0.15, 0.2) is 30.5 Å². The first kappa shape index (κ1) is 14.9. The Bertz CT molecular complexity index is 660. The Kier molecular flexibility index (Phi) is 4.31. The van der Waals surface area contributed by atoms with E-state index in [-0.39, 0.29) is 18.1 Å². The van der Waals surface area contributed by atoms with Gasteiger partial charge in [-0.1, -0.05) is 11.6 Å². The van der Waals surface area contributed by atoms with Gasteiger partial charge in [-0.3, -0.25) is 9.89 Å². The van der Waals surface area contributed by atoms with Crippen LogP contribution in [0.25, 0.3) is 0 Å². The molecule has 0 unspecified atom stereocenters. The van der Waals surface area contributed by atoms with Gasteiger partial charge in [-0.15, -0.1) is 0 Å². The molecule has 1 aromatic carbocycles. The van der Waals surface area contributed by atoms with Gasteiger partial charge in [0.2, 0.25) is 0 Å². The number of ether oxygens (including phenoxy) is 2. The second-order valence-electron chi connectivity index (χ2n) is 5.02. The zero-order valence-corrected chi connectivity index (χ0v) is 12.8. The predicted octanol–water partition coefficient (Wildman–Crippen LogP) is 2.33. The third kappa shape index (κ3) is 2.93. The number of hydrogen-bond donors (Lipinski definition) is 2. The smallest absolute Gasteiger partial charge is 0.251 e. The number of aromatic nitrogens is 2. The fourth-order valence-corrected chi connectivity index (χ4v) is 2.72. The quantitative estimate of drug-likeness (QED) is 0.906. The zero-order valence-electron chi connectivity index (χ0n) is 12.0. The van der Waals surface area contributed by atoms with Gasteiger partial charge < -0.3 is 14.8 Å². The molecule has 7 heteroatoms. The maximum Gasteiger partial charge on any atom is 0.251 e. The Labute approximate surface area is 132 Å². The summed E-state index contributed by atoms with van der Waals surface area (Å²) >= 11 is 5.97. The van der Waals surface area contributed by atoms with Gasteiger partial charge in [-0.2, -0.15) is 5.10 Å². The second-order valence-corrected chi connectivity index (χ2v) is 5.43. The minimum absolute atomic E-state index is 0.102. The summed E-state index contributed by atoms with van der Waals surface area (Å²) in [5.41, 5.74) is 1.35. The third-order valence-corrected chi connectivity index (χ3v) is 3.96. The Balaban J connectivity index is 1.73. The fraction of sp³-hybridized carbons (Fsp3) is 0.333. The highest BCUT2D eigenvalue weighted by atomic mass is 35.5. The molecule has 2 atom stereocenters. The highest BCUT2D eigenvalue weighted by Gasteiger charge is 2.32. The topological polar surface area (TPSA) is 76.2 Å². The van der Waals surface area contributed by atoms with Crippen LogP contribution < -0.4 is 10.1 Å². The Morgan fingerprint density at radius 1 is 1.50 bits per heavy atom. The number of rotatable bonds is 4. The van der Waals surface area contributed by atoms with E-state index in [2.05, 4.69) is 15.5 Å². The average molecular weight is 322 g/mol. The molecule has 1 amide bonds. The summed E-state index contributed by atoms with van der Waals surface area (Å²) in [5.74, 6) is 0.289. The number of carbonyl (C=O) groups is 1. The molecule has 1 saturated heterocycles. The Hall–Kier alpha value is -2.05. The van der Waals surface area contributed by atoms with E-state index in [0.717, 1.165) is 12.1 Å². The van der Waals surface area contributed by atoms with Crippen molar-refractivity contribution in [2.45, 2.75) is 18.6 Å². The molecule has 1 aromatic heterocycles. The van der Waals surface area contributed by atoms with Crippen molar-refractivity contribution in [2.24, 2.45) is 0 Å². The Morgan fingerprint density at radius 2 is 2.36 bits per heavy atom. The summed E-state index contributed by atoms with van der Waals surface area (Å²) in [4.78, 5) is 12.4. The molecule has 1 aliphatic heterocycles. The number of aromatic amines is 1. The Morgan fingerprint density at radius 3 is 3.09 bits per heavy atom. The van der Waals surface area contributed by atoms with Crippen LogP contribution in [0.4, 0.5) is 0 Å². The average Bonchev–Trinajstić information content (AvgIpc) is 3.18.